The molecule has 1 saturated heterocycles. The van der Waals surface area contributed by atoms with Gasteiger partial charge < -0.3 is 20.2 Å². The summed E-state index contributed by atoms with van der Waals surface area (Å²) in [5.41, 5.74) is 0. The second kappa shape index (κ2) is 6.44. The minimum absolute atomic E-state index is 0.0873. The highest BCUT2D eigenvalue weighted by molar-refractivity contribution is 5.75. The average molecular weight is 243 g/mol. The molecule has 0 radical (unpaired) electrons. The average Bonchev–Trinajstić information content (AvgIpc) is 2.28. The molecule has 0 aromatic heterocycles. The highest BCUT2D eigenvalue weighted by Crippen LogP contribution is 2.16. The smallest absolute Gasteiger partial charge is 0.317 e. The molecule has 1 heterocycles. The van der Waals surface area contributed by atoms with Crippen LogP contribution < -0.4 is 5.32 Å². The Morgan fingerprint density at radius 2 is 1.94 bits per heavy atom. The summed E-state index contributed by atoms with van der Waals surface area (Å²) in [5.74, 6) is -1.04. The number of likely N-dealkylation sites (N-methyl/N-ethyl adjacent to an activating group) is 1. The summed E-state index contributed by atoms with van der Waals surface area (Å²) in [6, 6.07) is -0.0873. The van der Waals surface area contributed by atoms with Crippen LogP contribution in [-0.4, -0.2) is 67.2 Å². The number of carboxylic acid groups (broad SMARTS) is 1. The molecule has 0 bridgehead atoms. The highest BCUT2D eigenvalue weighted by atomic mass is 16.4. The van der Waals surface area contributed by atoms with Crippen LogP contribution in [0.5, 0.6) is 0 Å². The van der Waals surface area contributed by atoms with Gasteiger partial charge in [-0.15, -0.1) is 0 Å². The van der Waals surface area contributed by atoms with Crippen molar-refractivity contribution in [3.63, 3.8) is 0 Å². The van der Waals surface area contributed by atoms with Crippen LogP contribution in [0.15, 0.2) is 0 Å². The van der Waals surface area contributed by atoms with E-state index in [1.165, 1.54) is 0 Å². The van der Waals surface area contributed by atoms with Gasteiger partial charge >= 0.3 is 12.0 Å². The van der Waals surface area contributed by atoms with E-state index in [0.717, 1.165) is 6.54 Å². The van der Waals surface area contributed by atoms with Crippen LogP contribution in [0.25, 0.3) is 0 Å². The lowest BCUT2D eigenvalue weighted by atomic mass is 9.97. The number of nitrogens with one attached hydrogen (secondary N) is 1. The summed E-state index contributed by atoms with van der Waals surface area (Å²) < 4.78 is 0. The van der Waals surface area contributed by atoms with Crippen LogP contribution in [0.1, 0.15) is 12.8 Å². The fourth-order valence-corrected chi connectivity index (χ4v) is 1.83. The molecule has 0 aromatic carbocycles. The molecular weight excluding hydrogens is 222 g/mol. The Morgan fingerprint density at radius 3 is 2.41 bits per heavy atom. The predicted octanol–water partition coefficient (Wildman–Crippen LogP) is 0.0542. The first-order valence-corrected chi connectivity index (χ1v) is 5.91. The lowest BCUT2D eigenvalue weighted by molar-refractivity contribution is -0.143. The van der Waals surface area contributed by atoms with Crippen LogP contribution in [0, 0.1) is 5.92 Å². The molecule has 1 aliphatic heterocycles. The van der Waals surface area contributed by atoms with Gasteiger partial charge in [0.25, 0.3) is 0 Å². The van der Waals surface area contributed by atoms with Crippen LogP contribution in [0.3, 0.4) is 0 Å². The third kappa shape index (κ3) is 4.60. The Labute approximate surface area is 102 Å². The molecule has 0 unspecified atom stereocenters. The van der Waals surface area contributed by atoms with Crippen molar-refractivity contribution in [1.82, 2.24) is 15.1 Å². The monoisotopic (exact) mass is 243 g/mol. The van der Waals surface area contributed by atoms with Gasteiger partial charge in [0.05, 0.1) is 5.92 Å². The van der Waals surface area contributed by atoms with Crippen molar-refractivity contribution in [3.05, 3.63) is 0 Å². The Bertz CT molecular complexity index is 273. The number of aliphatic carboxylic acids is 1. The van der Waals surface area contributed by atoms with Gasteiger partial charge in [0.1, 0.15) is 0 Å². The van der Waals surface area contributed by atoms with E-state index in [0.29, 0.717) is 32.5 Å². The highest BCUT2D eigenvalue weighted by Gasteiger charge is 2.26. The zero-order valence-corrected chi connectivity index (χ0v) is 10.5. The molecule has 6 heteroatoms. The number of amides is 2. The van der Waals surface area contributed by atoms with Crippen molar-refractivity contribution in [2.75, 3.05) is 40.3 Å². The normalized spacial score (nSPS) is 17.2. The van der Waals surface area contributed by atoms with Crippen molar-refractivity contribution in [1.29, 1.82) is 0 Å². The van der Waals surface area contributed by atoms with Crippen molar-refractivity contribution in [2.24, 2.45) is 5.92 Å². The second-order valence-electron chi connectivity index (χ2n) is 4.63. The van der Waals surface area contributed by atoms with E-state index in [1.807, 2.05) is 19.0 Å². The molecule has 2 amide bonds. The largest absolute Gasteiger partial charge is 0.481 e. The molecule has 0 spiro atoms. The van der Waals surface area contributed by atoms with Gasteiger partial charge in [0, 0.05) is 26.2 Å². The fraction of sp³-hybridized carbons (Fsp3) is 0.818. The van der Waals surface area contributed by atoms with E-state index in [-0.39, 0.29) is 11.9 Å². The summed E-state index contributed by atoms with van der Waals surface area (Å²) in [7, 11) is 3.90. The zero-order valence-electron chi connectivity index (χ0n) is 10.5. The van der Waals surface area contributed by atoms with Gasteiger partial charge in [0.15, 0.2) is 0 Å². The van der Waals surface area contributed by atoms with Gasteiger partial charge in [-0.1, -0.05) is 0 Å². The first kappa shape index (κ1) is 13.8. The van der Waals surface area contributed by atoms with E-state index < -0.39 is 5.97 Å². The molecule has 1 aliphatic rings. The topological polar surface area (TPSA) is 72.9 Å². The minimum atomic E-state index is -0.752. The lowest BCUT2D eigenvalue weighted by Gasteiger charge is -2.30. The van der Waals surface area contributed by atoms with E-state index >= 15 is 0 Å². The number of hydrogen-bond acceptors (Lipinski definition) is 3. The SMILES string of the molecule is CN(C)CCNC(=O)N1CCC(C(=O)O)CC1. The number of urea groups is 1. The number of nitrogens with zero attached hydrogens (tertiary/aromatic N) is 2. The molecule has 0 saturated carbocycles. The first-order chi connectivity index (χ1) is 8.00. The molecule has 0 atom stereocenters. The maximum absolute atomic E-state index is 11.7. The molecule has 1 rings (SSSR count). The molecule has 98 valence electrons. The number of hydrogen-bond donors (Lipinski definition) is 2. The van der Waals surface area contributed by atoms with Crippen molar-refractivity contribution < 1.29 is 14.7 Å². The molecule has 0 aromatic rings. The lowest BCUT2D eigenvalue weighted by Crippen LogP contribution is -2.46. The Kier molecular flexibility index (Phi) is 5.21. The minimum Gasteiger partial charge on any atom is -0.481 e. The van der Waals surface area contributed by atoms with Crippen molar-refractivity contribution >= 4 is 12.0 Å². The van der Waals surface area contributed by atoms with Gasteiger partial charge in [-0.05, 0) is 26.9 Å². The van der Waals surface area contributed by atoms with E-state index in [1.54, 1.807) is 4.90 Å². The summed E-state index contributed by atoms with van der Waals surface area (Å²) in [4.78, 5) is 26.1. The Morgan fingerprint density at radius 1 is 1.35 bits per heavy atom. The third-order valence-corrected chi connectivity index (χ3v) is 2.97. The van der Waals surface area contributed by atoms with Crippen LogP contribution >= 0.6 is 0 Å². The maximum atomic E-state index is 11.7. The van der Waals surface area contributed by atoms with Crippen molar-refractivity contribution in [3.8, 4) is 0 Å². The van der Waals surface area contributed by atoms with Crippen LogP contribution in [0.4, 0.5) is 4.79 Å². The number of carbonyl (C=O) groups is 2. The number of carboxylic acids is 1. The van der Waals surface area contributed by atoms with Gasteiger partial charge in [-0.3, -0.25) is 4.79 Å². The van der Waals surface area contributed by atoms with Gasteiger partial charge in [0.2, 0.25) is 0 Å². The molecule has 6 nitrogen and oxygen atoms in total. The summed E-state index contributed by atoms with van der Waals surface area (Å²) >= 11 is 0. The summed E-state index contributed by atoms with van der Waals surface area (Å²) in [6.45, 7) is 2.48. The standard InChI is InChI=1S/C11H21N3O3/c1-13(2)8-5-12-11(17)14-6-3-9(4-7-14)10(15)16/h9H,3-8H2,1-2H3,(H,12,17)(H,15,16). The zero-order chi connectivity index (χ0) is 12.8. The fourth-order valence-electron chi connectivity index (χ4n) is 1.83. The first-order valence-electron chi connectivity index (χ1n) is 5.91. The van der Waals surface area contributed by atoms with Gasteiger partial charge in [-0.25, -0.2) is 4.79 Å². The number of carbonyl (C=O) groups excluding carboxylic acids is 1. The summed E-state index contributed by atoms with van der Waals surface area (Å²) in [5, 5.41) is 11.7. The molecule has 2 N–H and O–H groups in total. The number of rotatable bonds is 4. The van der Waals surface area contributed by atoms with E-state index in [9.17, 15) is 9.59 Å². The van der Waals surface area contributed by atoms with Crippen molar-refractivity contribution in [2.45, 2.75) is 12.8 Å². The quantitative estimate of drug-likeness (QED) is 0.732. The molecular formula is C11H21N3O3. The number of piperidine rings is 1. The number of likely N-dealkylation sites (tertiary alicyclic amines) is 1. The Hall–Kier alpha value is -1.30. The molecule has 0 aliphatic carbocycles. The van der Waals surface area contributed by atoms with Crippen LogP contribution in [-0.2, 0) is 4.79 Å². The van der Waals surface area contributed by atoms with Gasteiger partial charge in [-0.2, -0.15) is 0 Å². The second-order valence-corrected chi connectivity index (χ2v) is 4.63. The predicted molar refractivity (Wildman–Crippen MR) is 63.9 cm³/mol. The van der Waals surface area contributed by atoms with Crippen LogP contribution in [0.2, 0.25) is 0 Å². The third-order valence-electron chi connectivity index (χ3n) is 2.97. The van der Waals surface area contributed by atoms with E-state index in [2.05, 4.69) is 5.32 Å². The molecule has 17 heavy (non-hydrogen) atoms. The Balaban J connectivity index is 2.24. The summed E-state index contributed by atoms with van der Waals surface area (Å²) in [6.07, 6.45) is 1.10. The molecule has 1 fully saturated rings. The van der Waals surface area contributed by atoms with E-state index in [4.69, 9.17) is 5.11 Å². The maximum Gasteiger partial charge on any atom is 0.317 e.